The van der Waals surface area contributed by atoms with Gasteiger partial charge in [-0.3, -0.25) is 14.9 Å². The van der Waals surface area contributed by atoms with Gasteiger partial charge in [-0.2, -0.15) is 13.2 Å². The second-order valence-electron chi connectivity index (χ2n) is 10.2. The number of rotatable bonds is 8. The molecule has 5 rings (SSSR count). The van der Waals surface area contributed by atoms with Crippen LogP contribution in [0, 0.1) is 11.7 Å². The number of carbonyl (C=O) groups excluding carboxylic acids is 2. The summed E-state index contributed by atoms with van der Waals surface area (Å²) in [7, 11) is 0. The summed E-state index contributed by atoms with van der Waals surface area (Å²) in [6.45, 7) is -1.50. The number of aliphatic hydroxyl groups is 1. The van der Waals surface area contributed by atoms with Gasteiger partial charge in [0.25, 0.3) is 5.91 Å². The van der Waals surface area contributed by atoms with E-state index >= 15 is 0 Å². The lowest BCUT2D eigenvalue weighted by Crippen LogP contribution is -2.70. The number of amides is 2. The molecule has 13 heteroatoms. The molecule has 4 aliphatic rings. The molecule has 0 radical (unpaired) electrons. The highest BCUT2D eigenvalue weighted by Crippen LogP contribution is 2.47. The van der Waals surface area contributed by atoms with Crippen molar-refractivity contribution in [2.75, 3.05) is 19.8 Å². The van der Waals surface area contributed by atoms with Crippen LogP contribution in [-0.4, -0.2) is 66.3 Å². The molecule has 2 bridgehead atoms. The van der Waals surface area contributed by atoms with E-state index in [4.69, 9.17) is 21.1 Å². The number of benzene rings is 1. The first-order chi connectivity index (χ1) is 17.4. The fourth-order valence-electron chi connectivity index (χ4n) is 5.45. The summed E-state index contributed by atoms with van der Waals surface area (Å²) in [5.74, 6) is -1.59. The van der Waals surface area contributed by atoms with Gasteiger partial charge in [0.2, 0.25) is 5.91 Å². The predicted octanol–water partition coefficient (Wildman–Crippen LogP) is 2.81. The number of halogens is 5. The first kappa shape index (κ1) is 27.9. The molecule has 0 aromatic heterocycles. The van der Waals surface area contributed by atoms with Crippen LogP contribution in [0.5, 0.6) is 5.75 Å². The average molecular weight is 552 g/mol. The van der Waals surface area contributed by atoms with E-state index in [0.29, 0.717) is 32.1 Å². The van der Waals surface area contributed by atoms with Crippen LogP contribution in [0.1, 0.15) is 44.9 Å². The van der Waals surface area contributed by atoms with E-state index in [9.17, 15) is 32.3 Å². The second-order valence-corrected chi connectivity index (χ2v) is 10.6. The van der Waals surface area contributed by atoms with Crippen molar-refractivity contribution in [2.45, 2.75) is 74.5 Å². The standard InChI is InChI=1S/C24H30ClF4N3O5/c25-16-3-2-15(9-17(16)26)36-12-19(34)31-23-7-5-22(6-8-23,10-18(23)33)32-21(35)14-1-4-20(30-11-14)37-13-24(27,28)29/h2-3,9,14,18,20,30,33H,1,4-8,10-13H2,(H,31,34)(H,32,35). The zero-order chi connectivity index (χ0) is 26.8. The lowest BCUT2D eigenvalue weighted by Gasteiger charge is -2.56. The quantitative estimate of drug-likeness (QED) is 0.370. The Morgan fingerprint density at radius 3 is 2.49 bits per heavy atom. The Kier molecular flexibility index (Phi) is 8.22. The maximum atomic E-state index is 13.6. The first-order valence-corrected chi connectivity index (χ1v) is 12.6. The number of fused-ring (bicyclic) bond motifs is 3. The minimum atomic E-state index is -4.41. The van der Waals surface area contributed by atoms with Gasteiger partial charge in [-0.1, -0.05) is 11.6 Å². The van der Waals surface area contributed by atoms with Gasteiger partial charge in [-0.25, -0.2) is 4.39 Å². The molecule has 1 saturated heterocycles. The normalized spacial score (nSPS) is 31.6. The Morgan fingerprint density at radius 2 is 1.89 bits per heavy atom. The molecule has 3 aliphatic carbocycles. The Hall–Kier alpha value is -2.15. The third-order valence-corrected chi connectivity index (χ3v) is 7.85. The van der Waals surface area contributed by atoms with Crippen LogP contribution in [0.15, 0.2) is 18.2 Å². The van der Waals surface area contributed by atoms with E-state index in [-0.39, 0.29) is 42.7 Å². The number of alkyl halides is 3. The van der Waals surface area contributed by atoms with Gasteiger partial charge >= 0.3 is 6.18 Å². The van der Waals surface area contributed by atoms with E-state index in [0.717, 1.165) is 6.07 Å². The summed E-state index contributed by atoms with van der Waals surface area (Å²) < 4.78 is 60.7. The largest absolute Gasteiger partial charge is 0.484 e. The van der Waals surface area contributed by atoms with Crippen LogP contribution in [0.3, 0.4) is 0 Å². The van der Waals surface area contributed by atoms with Crippen molar-refractivity contribution in [3.05, 3.63) is 29.0 Å². The molecule has 1 heterocycles. The highest BCUT2D eigenvalue weighted by molar-refractivity contribution is 6.30. The Labute approximate surface area is 216 Å². The number of carbonyl (C=O) groups is 2. The third-order valence-electron chi connectivity index (χ3n) is 7.55. The molecule has 2 amide bonds. The van der Waals surface area contributed by atoms with Gasteiger partial charge in [-0.15, -0.1) is 0 Å². The molecule has 3 saturated carbocycles. The third kappa shape index (κ3) is 6.84. The van der Waals surface area contributed by atoms with Crippen molar-refractivity contribution >= 4 is 23.4 Å². The summed E-state index contributed by atoms with van der Waals surface area (Å²) in [5.41, 5.74) is -1.45. The highest BCUT2D eigenvalue weighted by atomic mass is 35.5. The van der Waals surface area contributed by atoms with Crippen molar-refractivity contribution in [3.8, 4) is 5.75 Å². The number of ether oxygens (including phenoxy) is 2. The molecule has 37 heavy (non-hydrogen) atoms. The smallest absolute Gasteiger partial charge is 0.411 e. The number of piperidine rings is 1. The van der Waals surface area contributed by atoms with Gasteiger partial charge in [0, 0.05) is 18.2 Å². The fraction of sp³-hybridized carbons (Fsp3) is 0.667. The van der Waals surface area contributed by atoms with Gasteiger partial charge in [0.05, 0.1) is 22.6 Å². The van der Waals surface area contributed by atoms with Gasteiger partial charge in [-0.05, 0) is 57.1 Å². The van der Waals surface area contributed by atoms with Gasteiger partial charge in [0.1, 0.15) is 24.4 Å². The molecule has 1 aromatic rings. The molecule has 4 fully saturated rings. The maximum Gasteiger partial charge on any atom is 0.411 e. The average Bonchev–Trinajstić information content (AvgIpc) is 2.84. The summed E-state index contributed by atoms with van der Waals surface area (Å²) >= 11 is 5.64. The van der Waals surface area contributed by atoms with Crippen LogP contribution in [0.2, 0.25) is 5.02 Å². The number of hydrogen-bond acceptors (Lipinski definition) is 6. The molecule has 1 aliphatic heterocycles. The number of hydrogen-bond donors (Lipinski definition) is 4. The minimum absolute atomic E-state index is 0.0577. The lowest BCUT2D eigenvalue weighted by atomic mass is 9.59. The zero-order valence-corrected chi connectivity index (χ0v) is 20.8. The molecule has 0 spiro atoms. The summed E-state index contributed by atoms with van der Waals surface area (Å²) in [5, 5.41) is 19.6. The molecule has 1 aromatic carbocycles. The summed E-state index contributed by atoms with van der Waals surface area (Å²) in [4.78, 5) is 25.5. The molecule has 206 valence electrons. The Balaban J connectivity index is 1.24. The Bertz CT molecular complexity index is 995. The Morgan fingerprint density at radius 1 is 1.16 bits per heavy atom. The zero-order valence-electron chi connectivity index (χ0n) is 20.0. The van der Waals surface area contributed by atoms with E-state index in [1.165, 1.54) is 12.1 Å². The van der Waals surface area contributed by atoms with Crippen LogP contribution in [0.4, 0.5) is 17.6 Å². The minimum Gasteiger partial charge on any atom is -0.484 e. The van der Waals surface area contributed by atoms with Crippen molar-refractivity contribution in [2.24, 2.45) is 5.92 Å². The van der Waals surface area contributed by atoms with Crippen LogP contribution in [0.25, 0.3) is 0 Å². The van der Waals surface area contributed by atoms with E-state index in [1.807, 2.05) is 0 Å². The molecule has 3 atom stereocenters. The van der Waals surface area contributed by atoms with E-state index in [2.05, 4.69) is 16.0 Å². The van der Waals surface area contributed by atoms with Crippen molar-refractivity contribution in [1.29, 1.82) is 0 Å². The molecule has 4 N–H and O–H groups in total. The van der Waals surface area contributed by atoms with E-state index < -0.39 is 53.8 Å². The fourth-order valence-corrected chi connectivity index (χ4v) is 5.56. The second kappa shape index (κ2) is 10.9. The first-order valence-electron chi connectivity index (χ1n) is 12.2. The van der Waals surface area contributed by atoms with Crippen LogP contribution in [-0.2, 0) is 14.3 Å². The van der Waals surface area contributed by atoms with Crippen LogP contribution < -0.4 is 20.7 Å². The summed E-state index contributed by atoms with van der Waals surface area (Å²) in [6.07, 6.45) is -3.11. The van der Waals surface area contributed by atoms with Gasteiger partial charge in [0.15, 0.2) is 6.61 Å². The molecule has 3 unspecified atom stereocenters. The molecular weight excluding hydrogens is 522 g/mol. The van der Waals surface area contributed by atoms with Crippen molar-refractivity contribution < 1.29 is 41.7 Å². The highest BCUT2D eigenvalue weighted by Gasteiger charge is 2.55. The molecular formula is C24H30ClF4N3O5. The SMILES string of the molecule is O=C(COc1ccc(Cl)c(F)c1)NC12CCC(NC(=O)C3CCC(OCC(F)(F)F)NC3)(CC1)CC2O. The topological polar surface area (TPSA) is 109 Å². The number of aliphatic hydroxyl groups excluding tert-OH is 1. The summed E-state index contributed by atoms with van der Waals surface area (Å²) in [6, 6.07) is 3.85. The van der Waals surface area contributed by atoms with E-state index in [1.54, 1.807) is 0 Å². The van der Waals surface area contributed by atoms with Crippen molar-refractivity contribution in [1.82, 2.24) is 16.0 Å². The van der Waals surface area contributed by atoms with Crippen molar-refractivity contribution in [3.63, 3.8) is 0 Å². The maximum absolute atomic E-state index is 13.6. The predicted molar refractivity (Wildman–Crippen MR) is 124 cm³/mol. The van der Waals surface area contributed by atoms with Gasteiger partial charge < -0.3 is 25.2 Å². The lowest BCUT2D eigenvalue weighted by molar-refractivity contribution is -0.191. The molecule has 8 nitrogen and oxygen atoms in total. The number of nitrogens with one attached hydrogen (secondary N) is 3. The monoisotopic (exact) mass is 551 g/mol. The van der Waals surface area contributed by atoms with Crippen LogP contribution >= 0.6 is 11.6 Å².